The highest BCUT2D eigenvalue weighted by Crippen LogP contribution is 2.16. The zero-order valence-electron chi connectivity index (χ0n) is 10.4. The van der Waals surface area contributed by atoms with Crippen LogP contribution < -0.4 is 0 Å². The van der Waals surface area contributed by atoms with Crippen LogP contribution in [-0.2, 0) is 0 Å². The highest BCUT2D eigenvalue weighted by atomic mass is 28.3. The van der Waals surface area contributed by atoms with Gasteiger partial charge in [0, 0.05) is 0 Å². The van der Waals surface area contributed by atoms with Gasteiger partial charge >= 0.3 is 0 Å². The number of hydrogen-bond donors (Lipinski definition) is 0. The summed E-state index contributed by atoms with van der Waals surface area (Å²) in [6.07, 6.45) is 3.62. The van der Waals surface area contributed by atoms with Gasteiger partial charge in [0.15, 0.2) is 0 Å². The first-order valence-corrected chi connectivity index (χ1v) is 9.08. The van der Waals surface area contributed by atoms with Gasteiger partial charge in [-0.05, 0) is 18.1 Å². The first-order valence-electron chi connectivity index (χ1n) is 5.80. The highest BCUT2D eigenvalue weighted by Gasteiger charge is 2.14. The van der Waals surface area contributed by atoms with Gasteiger partial charge in [0.2, 0.25) is 0 Å². The third kappa shape index (κ3) is 4.04. The molecule has 1 aromatic rings. The summed E-state index contributed by atoms with van der Waals surface area (Å²) < 4.78 is 0. The second-order valence-corrected chi connectivity index (χ2v) is 9.74. The van der Waals surface area contributed by atoms with E-state index in [9.17, 15) is 0 Å². The van der Waals surface area contributed by atoms with Crippen LogP contribution >= 0.6 is 0 Å². The monoisotopic (exact) mass is 218 g/mol. The van der Waals surface area contributed by atoms with Crippen LogP contribution in [0.25, 0.3) is 6.08 Å². The molecule has 0 bridgehead atoms. The summed E-state index contributed by atoms with van der Waals surface area (Å²) in [5.74, 6) is 0. The van der Waals surface area contributed by atoms with E-state index in [0.29, 0.717) is 0 Å². The summed E-state index contributed by atoms with van der Waals surface area (Å²) in [6.45, 7) is 9.32. The number of hydrogen-bond acceptors (Lipinski definition) is 0. The summed E-state index contributed by atoms with van der Waals surface area (Å²) in [4.78, 5) is 0. The molecule has 15 heavy (non-hydrogen) atoms. The lowest BCUT2D eigenvalue weighted by atomic mass is 10.1. The van der Waals surface area contributed by atoms with Gasteiger partial charge in [-0.15, -0.1) is 0 Å². The molecule has 0 N–H and O–H groups in total. The predicted octanol–water partition coefficient (Wildman–Crippen LogP) is 4.67. The molecule has 0 nitrogen and oxygen atoms in total. The third-order valence-corrected chi connectivity index (χ3v) is 5.65. The van der Waals surface area contributed by atoms with Gasteiger partial charge in [-0.2, -0.15) is 0 Å². The van der Waals surface area contributed by atoms with E-state index in [1.54, 1.807) is 0 Å². The van der Waals surface area contributed by atoms with E-state index in [-0.39, 0.29) is 0 Å². The topological polar surface area (TPSA) is 0 Å². The smallest absolute Gasteiger partial charge is 0.0717 e. The Labute approximate surface area is 95.0 Å². The van der Waals surface area contributed by atoms with Crippen molar-refractivity contribution in [3.63, 3.8) is 0 Å². The molecule has 1 aromatic carbocycles. The molecular weight excluding hydrogens is 196 g/mol. The molecule has 0 aliphatic heterocycles. The minimum atomic E-state index is -1.09. The van der Waals surface area contributed by atoms with Crippen molar-refractivity contribution in [2.75, 3.05) is 0 Å². The zero-order chi connectivity index (χ0) is 11.3. The third-order valence-electron chi connectivity index (χ3n) is 2.80. The van der Waals surface area contributed by atoms with Crippen LogP contribution in [-0.4, -0.2) is 8.07 Å². The Hall–Kier alpha value is -0.823. The fourth-order valence-corrected chi connectivity index (χ4v) is 3.90. The van der Waals surface area contributed by atoms with Crippen LogP contribution in [0.4, 0.5) is 0 Å². The molecule has 0 heterocycles. The predicted molar refractivity (Wildman–Crippen MR) is 72.8 cm³/mol. The molecule has 0 aliphatic rings. The summed E-state index contributed by atoms with van der Waals surface area (Å²) in [5, 5.41) is 0. The molecule has 82 valence electrons. The van der Waals surface area contributed by atoms with Crippen LogP contribution in [0.3, 0.4) is 0 Å². The van der Waals surface area contributed by atoms with Crippen molar-refractivity contribution < 1.29 is 0 Å². The Kier molecular flexibility index (Phi) is 4.34. The lowest BCUT2D eigenvalue weighted by Gasteiger charge is -2.16. The second kappa shape index (κ2) is 5.31. The Balaban J connectivity index is 2.77. The van der Waals surface area contributed by atoms with Crippen molar-refractivity contribution in [3.8, 4) is 0 Å². The zero-order valence-corrected chi connectivity index (χ0v) is 11.4. The fourth-order valence-electron chi connectivity index (χ4n) is 1.82. The molecule has 0 unspecified atom stereocenters. The van der Waals surface area contributed by atoms with Crippen LogP contribution in [0, 0.1) is 6.92 Å². The molecule has 0 aromatic heterocycles. The quantitative estimate of drug-likeness (QED) is 0.644. The van der Waals surface area contributed by atoms with Gasteiger partial charge in [-0.3, -0.25) is 0 Å². The maximum Gasteiger partial charge on any atom is 0.0717 e. The van der Waals surface area contributed by atoms with E-state index < -0.39 is 8.07 Å². The van der Waals surface area contributed by atoms with Crippen molar-refractivity contribution in [1.29, 1.82) is 0 Å². The molecule has 0 fully saturated rings. The van der Waals surface area contributed by atoms with E-state index in [1.165, 1.54) is 23.6 Å². The Morgan fingerprint density at radius 1 is 1.20 bits per heavy atom. The molecule has 0 atom stereocenters. The van der Waals surface area contributed by atoms with Gasteiger partial charge in [-0.1, -0.05) is 68.5 Å². The first-order chi connectivity index (χ1) is 7.05. The number of rotatable bonds is 4. The molecule has 0 aliphatic carbocycles. The van der Waals surface area contributed by atoms with E-state index in [2.05, 4.69) is 63.0 Å². The molecule has 0 saturated heterocycles. The average molecular weight is 218 g/mol. The van der Waals surface area contributed by atoms with Crippen molar-refractivity contribution in [2.24, 2.45) is 0 Å². The molecule has 0 saturated carbocycles. The van der Waals surface area contributed by atoms with Crippen molar-refractivity contribution in [1.82, 2.24) is 0 Å². The summed E-state index contributed by atoms with van der Waals surface area (Å²) in [5.41, 5.74) is 5.21. The van der Waals surface area contributed by atoms with E-state index in [1.807, 2.05) is 0 Å². The molecule has 0 radical (unpaired) electrons. The Morgan fingerprint density at radius 2 is 1.87 bits per heavy atom. The molecule has 1 heteroatoms. The number of aryl methyl sites for hydroxylation is 1. The van der Waals surface area contributed by atoms with Crippen molar-refractivity contribution >= 4 is 14.1 Å². The lowest BCUT2D eigenvalue weighted by Crippen LogP contribution is -2.21. The Morgan fingerprint density at radius 3 is 2.47 bits per heavy atom. The van der Waals surface area contributed by atoms with Gasteiger partial charge in [-0.25, -0.2) is 0 Å². The van der Waals surface area contributed by atoms with Crippen LogP contribution in [0.2, 0.25) is 19.1 Å². The summed E-state index contributed by atoms with van der Waals surface area (Å²) >= 11 is 0. The fraction of sp³-hybridized carbons (Fsp3) is 0.429. The lowest BCUT2D eigenvalue weighted by molar-refractivity contribution is 1.05. The highest BCUT2D eigenvalue weighted by molar-refractivity contribution is 6.82. The minimum Gasteiger partial charge on any atom is -0.0941 e. The van der Waals surface area contributed by atoms with Gasteiger partial charge in [0.25, 0.3) is 0 Å². The SMILES string of the molecule is CCC[Si](C)(C)/C=C/c1ccccc1C. The maximum atomic E-state index is 2.47. The standard InChI is InChI=1S/C14H22Si/c1-5-11-15(3,4)12-10-14-9-7-6-8-13(14)2/h6-10,12H,5,11H2,1-4H3/b12-10+. The molecule has 0 spiro atoms. The van der Waals surface area contributed by atoms with Gasteiger partial charge in [0.05, 0.1) is 8.07 Å². The van der Waals surface area contributed by atoms with E-state index >= 15 is 0 Å². The van der Waals surface area contributed by atoms with Crippen molar-refractivity contribution in [2.45, 2.75) is 39.4 Å². The summed E-state index contributed by atoms with van der Waals surface area (Å²) in [6, 6.07) is 9.97. The van der Waals surface area contributed by atoms with Crippen LogP contribution in [0.5, 0.6) is 0 Å². The largest absolute Gasteiger partial charge is 0.0941 e. The minimum absolute atomic E-state index is 1.09. The number of benzene rings is 1. The second-order valence-electron chi connectivity index (χ2n) is 4.93. The first kappa shape index (κ1) is 12.2. The maximum absolute atomic E-state index is 2.47. The van der Waals surface area contributed by atoms with Gasteiger partial charge < -0.3 is 0 Å². The van der Waals surface area contributed by atoms with E-state index in [4.69, 9.17) is 0 Å². The Bertz CT molecular complexity index is 337. The summed E-state index contributed by atoms with van der Waals surface area (Å²) in [7, 11) is -1.09. The van der Waals surface area contributed by atoms with Gasteiger partial charge in [0.1, 0.15) is 0 Å². The molecule has 0 amide bonds. The molecular formula is C14H22Si. The van der Waals surface area contributed by atoms with E-state index in [0.717, 1.165) is 0 Å². The normalized spacial score (nSPS) is 12.3. The van der Waals surface area contributed by atoms with Crippen molar-refractivity contribution in [3.05, 3.63) is 41.1 Å². The molecule has 1 rings (SSSR count). The van der Waals surface area contributed by atoms with Crippen LogP contribution in [0.1, 0.15) is 24.5 Å². The van der Waals surface area contributed by atoms with Crippen LogP contribution in [0.15, 0.2) is 30.0 Å². The average Bonchev–Trinajstić information content (AvgIpc) is 2.16.